The molecule has 0 radical (unpaired) electrons. The zero-order valence-electron chi connectivity index (χ0n) is 8.29. The molecule has 0 aliphatic carbocycles. The van der Waals surface area contributed by atoms with E-state index in [0.717, 1.165) is 18.6 Å². The Bertz CT molecular complexity index is 304. The molecular weight excluding hydrogens is 200 g/mol. The van der Waals surface area contributed by atoms with E-state index in [-0.39, 0.29) is 0 Å². The van der Waals surface area contributed by atoms with Crippen LogP contribution in [0.4, 0.5) is 0 Å². The van der Waals surface area contributed by atoms with Crippen LogP contribution in [-0.2, 0) is 6.42 Å². The molecule has 14 heavy (non-hydrogen) atoms. The maximum atomic E-state index is 9.63. The number of hydrogen-bond acceptors (Lipinski definition) is 2. The van der Waals surface area contributed by atoms with Crippen molar-refractivity contribution in [3.05, 3.63) is 35.3 Å². The summed E-state index contributed by atoms with van der Waals surface area (Å²) in [6.07, 6.45) is 1.59. The molecule has 1 rings (SSSR count). The van der Waals surface area contributed by atoms with Crippen molar-refractivity contribution in [1.29, 1.82) is 0 Å². The van der Waals surface area contributed by atoms with Gasteiger partial charge in [-0.2, -0.15) is 0 Å². The van der Waals surface area contributed by atoms with E-state index in [4.69, 9.17) is 16.0 Å². The molecule has 1 aromatic rings. The fraction of sp³-hybridized carbons (Fsp3) is 0.455. The van der Waals surface area contributed by atoms with E-state index in [9.17, 15) is 5.11 Å². The van der Waals surface area contributed by atoms with Crippen LogP contribution in [0.2, 0.25) is 0 Å². The summed E-state index contributed by atoms with van der Waals surface area (Å²) in [6.45, 7) is 5.61. The van der Waals surface area contributed by atoms with E-state index in [0.29, 0.717) is 17.2 Å². The van der Waals surface area contributed by atoms with Crippen molar-refractivity contribution in [3.8, 4) is 0 Å². The number of hydrogen-bond donors (Lipinski definition) is 1. The summed E-state index contributed by atoms with van der Waals surface area (Å²) >= 11 is 5.59. The average Bonchev–Trinajstić information content (AvgIpc) is 2.52. The van der Waals surface area contributed by atoms with Crippen LogP contribution in [0, 0.1) is 0 Å². The second-order valence-corrected chi connectivity index (χ2v) is 3.83. The first-order valence-electron chi connectivity index (χ1n) is 4.73. The van der Waals surface area contributed by atoms with E-state index < -0.39 is 6.10 Å². The highest BCUT2D eigenvalue weighted by molar-refractivity contribution is 6.29. The molecule has 0 fully saturated rings. The first kappa shape index (κ1) is 11.3. The summed E-state index contributed by atoms with van der Waals surface area (Å²) in [6, 6.07) is 3.68. The molecule has 1 aromatic heterocycles. The quantitative estimate of drug-likeness (QED) is 0.815. The van der Waals surface area contributed by atoms with Crippen LogP contribution in [0.1, 0.15) is 37.4 Å². The summed E-state index contributed by atoms with van der Waals surface area (Å²) in [5.41, 5.74) is 0. The Morgan fingerprint density at radius 1 is 1.64 bits per heavy atom. The average molecular weight is 215 g/mol. The maximum absolute atomic E-state index is 9.63. The van der Waals surface area contributed by atoms with Crippen LogP contribution in [-0.4, -0.2) is 5.11 Å². The number of aliphatic hydroxyl groups excluding tert-OH is 1. The lowest BCUT2D eigenvalue weighted by Gasteiger charge is -2.05. The van der Waals surface area contributed by atoms with Crippen molar-refractivity contribution in [3.63, 3.8) is 0 Å². The zero-order valence-corrected chi connectivity index (χ0v) is 9.05. The van der Waals surface area contributed by atoms with Gasteiger partial charge in [-0.1, -0.05) is 25.1 Å². The van der Waals surface area contributed by atoms with Crippen LogP contribution in [0.3, 0.4) is 0 Å². The molecule has 0 spiro atoms. The lowest BCUT2D eigenvalue weighted by molar-refractivity contribution is 0.150. The van der Waals surface area contributed by atoms with Crippen molar-refractivity contribution in [2.45, 2.75) is 32.3 Å². The minimum atomic E-state index is -0.675. The van der Waals surface area contributed by atoms with Crippen LogP contribution in [0.25, 0.3) is 0 Å². The van der Waals surface area contributed by atoms with E-state index in [1.807, 2.05) is 6.07 Å². The van der Waals surface area contributed by atoms with Gasteiger partial charge in [-0.15, -0.1) is 0 Å². The Labute approximate surface area is 89.2 Å². The summed E-state index contributed by atoms with van der Waals surface area (Å²) in [5.74, 6) is 1.47. The Hall–Kier alpha value is -0.730. The number of furan rings is 1. The van der Waals surface area contributed by atoms with Gasteiger partial charge in [0.05, 0.1) is 0 Å². The third-order valence-electron chi connectivity index (χ3n) is 1.92. The van der Waals surface area contributed by atoms with Gasteiger partial charge < -0.3 is 9.52 Å². The predicted molar refractivity (Wildman–Crippen MR) is 57.3 cm³/mol. The lowest BCUT2D eigenvalue weighted by Crippen LogP contribution is -1.94. The number of halogens is 1. The lowest BCUT2D eigenvalue weighted by atomic mass is 10.2. The molecular formula is C11H15ClO2. The number of aliphatic hydroxyl groups is 1. The highest BCUT2D eigenvalue weighted by atomic mass is 35.5. The number of aryl methyl sites for hydroxylation is 1. The molecule has 1 unspecified atom stereocenters. The fourth-order valence-corrected chi connectivity index (χ4v) is 1.41. The molecule has 1 heterocycles. The largest absolute Gasteiger partial charge is 0.463 e. The molecule has 2 nitrogen and oxygen atoms in total. The van der Waals surface area contributed by atoms with Crippen LogP contribution in [0.15, 0.2) is 28.2 Å². The first-order valence-corrected chi connectivity index (χ1v) is 5.11. The van der Waals surface area contributed by atoms with Crippen molar-refractivity contribution >= 4 is 11.6 Å². The molecule has 0 saturated carbocycles. The standard InChI is InChI=1S/C11H15ClO2/c1-3-4-9-5-6-11(14-9)10(13)7-8(2)12/h5-6,10,13H,2-4,7H2,1H3. The smallest absolute Gasteiger partial charge is 0.133 e. The monoisotopic (exact) mass is 214 g/mol. The molecule has 0 amide bonds. The van der Waals surface area contributed by atoms with E-state index in [1.165, 1.54) is 0 Å². The van der Waals surface area contributed by atoms with Gasteiger partial charge >= 0.3 is 0 Å². The van der Waals surface area contributed by atoms with Crippen molar-refractivity contribution in [1.82, 2.24) is 0 Å². The molecule has 0 aliphatic heterocycles. The SMILES string of the molecule is C=C(Cl)CC(O)c1ccc(CCC)o1. The highest BCUT2D eigenvalue weighted by Gasteiger charge is 2.12. The van der Waals surface area contributed by atoms with Crippen molar-refractivity contribution in [2.24, 2.45) is 0 Å². The van der Waals surface area contributed by atoms with Gasteiger partial charge in [0.1, 0.15) is 17.6 Å². The van der Waals surface area contributed by atoms with Gasteiger partial charge in [0, 0.05) is 17.9 Å². The van der Waals surface area contributed by atoms with Gasteiger partial charge in [0.15, 0.2) is 0 Å². The molecule has 1 N–H and O–H groups in total. The summed E-state index contributed by atoms with van der Waals surface area (Å²) in [4.78, 5) is 0. The van der Waals surface area contributed by atoms with Crippen LogP contribution >= 0.6 is 11.6 Å². The number of rotatable bonds is 5. The molecule has 0 saturated heterocycles. The highest BCUT2D eigenvalue weighted by Crippen LogP contribution is 2.24. The van der Waals surface area contributed by atoms with Crippen molar-refractivity contribution < 1.29 is 9.52 Å². The Morgan fingerprint density at radius 2 is 2.36 bits per heavy atom. The topological polar surface area (TPSA) is 33.4 Å². The van der Waals surface area contributed by atoms with Gasteiger partial charge in [0.2, 0.25) is 0 Å². The zero-order chi connectivity index (χ0) is 10.6. The molecule has 1 atom stereocenters. The Morgan fingerprint density at radius 3 is 2.93 bits per heavy atom. The Kier molecular flexibility index (Phi) is 4.23. The van der Waals surface area contributed by atoms with E-state index in [1.54, 1.807) is 6.07 Å². The summed E-state index contributed by atoms with van der Waals surface area (Å²) in [7, 11) is 0. The van der Waals surface area contributed by atoms with Gasteiger partial charge in [-0.3, -0.25) is 0 Å². The van der Waals surface area contributed by atoms with E-state index >= 15 is 0 Å². The summed E-state index contributed by atoms with van der Waals surface area (Å²) < 4.78 is 5.44. The fourth-order valence-electron chi connectivity index (χ4n) is 1.26. The van der Waals surface area contributed by atoms with Gasteiger partial charge in [-0.05, 0) is 18.6 Å². The van der Waals surface area contributed by atoms with Crippen molar-refractivity contribution in [2.75, 3.05) is 0 Å². The Balaban J connectivity index is 2.61. The molecule has 3 heteroatoms. The maximum Gasteiger partial charge on any atom is 0.133 e. The third-order valence-corrected chi connectivity index (χ3v) is 2.08. The minimum Gasteiger partial charge on any atom is -0.463 e. The van der Waals surface area contributed by atoms with E-state index in [2.05, 4.69) is 13.5 Å². The first-order chi connectivity index (χ1) is 6.63. The van der Waals surface area contributed by atoms with Crippen LogP contribution in [0.5, 0.6) is 0 Å². The molecule has 0 aliphatic rings. The summed E-state index contributed by atoms with van der Waals surface area (Å²) in [5, 5.41) is 10.1. The molecule has 78 valence electrons. The third kappa shape index (κ3) is 3.20. The van der Waals surface area contributed by atoms with Crippen LogP contribution < -0.4 is 0 Å². The minimum absolute atomic E-state index is 0.334. The molecule has 0 aromatic carbocycles. The second-order valence-electron chi connectivity index (χ2n) is 3.29. The second kappa shape index (κ2) is 5.23. The predicted octanol–water partition coefficient (Wildman–Crippen LogP) is 3.41. The van der Waals surface area contributed by atoms with Gasteiger partial charge in [0.25, 0.3) is 0 Å². The normalized spacial score (nSPS) is 12.8. The molecule has 0 bridgehead atoms. The van der Waals surface area contributed by atoms with Gasteiger partial charge in [-0.25, -0.2) is 0 Å².